The zero-order valence-corrected chi connectivity index (χ0v) is 22.1. The topological polar surface area (TPSA) is 75.8 Å². The van der Waals surface area contributed by atoms with Crippen molar-refractivity contribution >= 4 is 52.7 Å². The van der Waals surface area contributed by atoms with Gasteiger partial charge < -0.3 is 0 Å². The van der Waals surface area contributed by atoms with E-state index >= 15 is 0 Å². The number of nitrogens with zero attached hydrogens (tertiary/aromatic N) is 3. The third kappa shape index (κ3) is 5.57. The lowest BCUT2D eigenvalue weighted by atomic mass is 9.73. The van der Waals surface area contributed by atoms with Crippen LogP contribution in [0.1, 0.15) is 42.5 Å². The van der Waals surface area contributed by atoms with Gasteiger partial charge >= 0.3 is 0 Å². The zero-order valence-electron chi connectivity index (χ0n) is 20.6. The molecular formula is C30H25Cl2N3O3. The maximum absolute atomic E-state index is 13.6. The van der Waals surface area contributed by atoms with E-state index in [0.29, 0.717) is 21.5 Å². The van der Waals surface area contributed by atoms with Gasteiger partial charge in [0.1, 0.15) is 0 Å². The van der Waals surface area contributed by atoms with Crippen LogP contribution in [0.3, 0.4) is 0 Å². The monoisotopic (exact) mass is 545 g/mol. The second-order valence-corrected chi connectivity index (χ2v) is 10.6. The molecule has 0 unspecified atom stereocenters. The van der Waals surface area contributed by atoms with Gasteiger partial charge in [0.2, 0.25) is 0 Å². The van der Waals surface area contributed by atoms with Crippen LogP contribution in [0.25, 0.3) is 12.2 Å². The van der Waals surface area contributed by atoms with Crippen molar-refractivity contribution < 1.29 is 9.72 Å². The third-order valence-corrected chi connectivity index (χ3v) is 7.42. The number of nitro groups is 1. The maximum atomic E-state index is 13.6. The normalized spacial score (nSPS) is 22.0. The van der Waals surface area contributed by atoms with Gasteiger partial charge in [-0.05, 0) is 77.4 Å². The fourth-order valence-electron chi connectivity index (χ4n) is 5.21. The first-order chi connectivity index (χ1) is 18.3. The van der Waals surface area contributed by atoms with E-state index < -0.39 is 4.92 Å². The zero-order chi connectivity index (χ0) is 26.8. The van der Waals surface area contributed by atoms with Crippen LogP contribution in [-0.4, -0.2) is 21.6 Å². The van der Waals surface area contributed by atoms with Crippen molar-refractivity contribution in [2.45, 2.75) is 25.8 Å². The molecule has 1 aliphatic carbocycles. The molecule has 1 amide bonds. The summed E-state index contributed by atoms with van der Waals surface area (Å²) in [5, 5.41) is 18.9. The van der Waals surface area contributed by atoms with E-state index in [-0.39, 0.29) is 23.6 Å². The minimum absolute atomic E-state index is 0.0219. The van der Waals surface area contributed by atoms with Gasteiger partial charge in [0.15, 0.2) is 0 Å². The van der Waals surface area contributed by atoms with Crippen LogP contribution in [0.5, 0.6) is 0 Å². The van der Waals surface area contributed by atoms with Gasteiger partial charge in [0.05, 0.1) is 16.7 Å². The second kappa shape index (κ2) is 10.9. The molecule has 0 aromatic heterocycles. The highest BCUT2D eigenvalue weighted by Crippen LogP contribution is 2.46. The van der Waals surface area contributed by atoms with E-state index in [1.54, 1.807) is 23.2 Å². The number of amides is 1. The Balaban J connectivity index is 1.52. The van der Waals surface area contributed by atoms with Crippen LogP contribution in [-0.2, 0) is 4.79 Å². The van der Waals surface area contributed by atoms with Crippen molar-refractivity contribution in [3.63, 3.8) is 0 Å². The quantitative estimate of drug-likeness (QED) is 0.185. The molecule has 0 spiro atoms. The molecule has 5 rings (SSSR count). The molecule has 1 aliphatic heterocycles. The van der Waals surface area contributed by atoms with Crippen molar-refractivity contribution in [3.8, 4) is 0 Å². The fraction of sp³-hybridized carbons (Fsp3) is 0.200. The average Bonchev–Trinajstić information content (AvgIpc) is 3.29. The number of halogens is 2. The molecule has 0 bridgehead atoms. The number of hydrazone groups is 1. The first-order valence-corrected chi connectivity index (χ1v) is 13.1. The number of benzene rings is 3. The largest absolute Gasteiger partial charge is 0.270 e. The molecule has 0 N–H and O–H groups in total. The fourth-order valence-corrected chi connectivity index (χ4v) is 5.46. The minimum atomic E-state index is -0.456. The molecule has 2 aliphatic rings. The molecule has 3 aromatic carbocycles. The Morgan fingerprint density at radius 3 is 2.39 bits per heavy atom. The smallest absolute Gasteiger partial charge is 0.268 e. The molecule has 192 valence electrons. The highest BCUT2D eigenvalue weighted by Gasteiger charge is 2.44. The maximum Gasteiger partial charge on any atom is 0.270 e. The van der Waals surface area contributed by atoms with E-state index in [2.05, 4.69) is 13.0 Å². The number of fused-ring (bicyclic) bond motifs is 1. The van der Waals surface area contributed by atoms with E-state index in [0.717, 1.165) is 35.3 Å². The molecule has 6 nitrogen and oxygen atoms in total. The Morgan fingerprint density at radius 2 is 1.71 bits per heavy atom. The van der Waals surface area contributed by atoms with Crippen molar-refractivity contribution in [3.05, 3.63) is 121 Å². The number of non-ortho nitro benzene ring substituents is 1. The van der Waals surface area contributed by atoms with Gasteiger partial charge in [-0.15, -0.1) is 0 Å². The first-order valence-electron chi connectivity index (χ1n) is 12.3. The summed E-state index contributed by atoms with van der Waals surface area (Å²) in [6, 6.07) is 21.1. The summed E-state index contributed by atoms with van der Waals surface area (Å²) < 4.78 is 0. The van der Waals surface area contributed by atoms with Gasteiger partial charge in [-0.1, -0.05) is 66.5 Å². The molecule has 3 atom stereocenters. The number of rotatable bonds is 5. The number of allylic oxidation sites excluding steroid dienone is 1. The van der Waals surface area contributed by atoms with Gasteiger partial charge in [-0.3, -0.25) is 14.9 Å². The molecule has 3 aromatic rings. The van der Waals surface area contributed by atoms with Crippen molar-refractivity contribution in [2.24, 2.45) is 16.9 Å². The van der Waals surface area contributed by atoms with Crippen LogP contribution in [0.2, 0.25) is 10.0 Å². The van der Waals surface area contributed by atoms with E-state index in [4.69, 9.17) is 28.3 Å². The molecule has 1 heterocycles. The summed E-state index contributed by atoms with van der Waals surface area (Å²) in [7, 11) is 0. The summed E-state index contributed by atoms with van der Waals surface area (Å²) in [6.45, 7) is 2.22. The Kier molecular flexibility index (Phi) is 7.45. The predicted octanol–water partition coefficient (Wildman–Crippen LogP) is 7.98. The number of carbonyl (C=O) groups excluding carboxylic acids is 1. The summed E-state index contributed by atoms with van der Waals surface area (Å²) in [5.74, 6) is 0.133. The van der Waals surface area contributed by atoms with Crippen LogP contribution in [0, 0.1) is 22.0 Å². The van der Waals surface area contributed by atoms with E-state index in [1.807, 2.05) is 48.5 Å². The molecule has 1 saturated carbocycles. The minimum Gasteiger partial charge on any atom is -0.268 e. The highest BCUT2D eigenvalue weighted by molar-refractivity contribution is 6.30. The van der Waals surface area contributed by atoms with E-state index in [9.17, 15) is 14.9 Å². The number of hydrogen-bond donors (Lipinski definition) is 0. The van der Waals surface area contributed by atoms with Gasteiger partial charge in [0, 0.05) is 34.2 Å². The number of hydrogen-bond acceptors (Lipinski definition) is 4. The Hall–Kier alpha value is -3.74. The number of nitro benzene ring substituents is 1. The summed E-state index contributed by atoms with van der Waals surface area (Å²) in [4.78, 5) is 24.2. The Morgan fingerprint density at radius 1 is 1.03 bits per heavy atom. The molecule has 1 fully saturated rings. The first kappa shape index (κ1) is 25.9. The van der Waals surface area contributed by atoms with Crippen LogP contribution < -0.4 is 0 Å². The lowest BCUT2D eigenvalue weighted by molar-refractivity contribution is -0.384. The average molecular weight is 546 g/mol. The Labute approximate surface area is 231 Å². The van der Waals surface area contributed by atoms with Crippen molar-refractivity contribution in [2.75, 3.05) is 0 Å². The lowest BCUT2D eigenvalue weighted by Crippen LogP contribution is -2.32. The van der Waals surface area contributed by atoms with Gasteiger partial charge in [0.25, 0.3) is 11.6 Å². The van der Waals surface area contributed by atoms with E-state index in [1.165, 1.54) is 18.2 Å². The molecule has 38 heavy (non-hydrogen) atoms. The third-order valence-electron chi connectivity index (χ3n) is 6.91. The van der Waals surface area contributed by atoms with Crippen LogP contribution in [0.4, 0.5) is 5.69 Å². The standard InChI is InChI=1S/C30H25Cl2N3O3/c1-19-15-23(17-21-5-10-24(31)11-6-21)29-27(16-19)30(22-8-12-25(32)13-9-22)34(33-29)28(36)14-7-20-3-2-4-26(18-20)35(37)38/h2-14,17-19,27,30H,15-16H2,1H3/b14-7+,23-17+/t19-,27-,30+/m1/s1. The Bertz CT molecular complexity index is 1460. The number of carbonyl (C=O) groups is 1. The van der Waals surface area contributed by atoms with Crippen LogP contribution in [0.15, 0.2) is 89.5 Å². The van der Waals surface area contributed by atoms with Gasteiger partial charge in [-0.2, -0.15) is 5.10 Å². The van der Waals surface area contributed by atoms with Crippen LogP contribution >= 0.6 is 23.2 Å². The lowest BCUT2D eigenvalue weighted by Gasteiger charge is -2.32. The summed E-state index contributed by atoms with van der Waals surface area (Å²) >= 11 is 12.2. The summed E-state index contributed by atoms with van der Waals surface area (Å²) in [5.41, 5.74) is 4.53. The second-order valence-electron chi connectivity index (χ2n) is 9.72. The van der Waals surface area contributed by atoms with Crippen molar-refractivity contribution in [1.29, 1.82) is 0 Å². The molecule has 8 heteroatoms. The summed E-state index contributed by atoms with van der Waals surface area (Å²) in [6.07, 6.45) is 6.89. The molecule has 0 radical (unpaired) electrons. The van der Waals surface area contributed by atoms with Gasteiger partial charge in [-0.25, -0.2) is 5.01 Å². The highest BCUT2D eigenvalue weighted by atomic mass is 35.5. The SMILES string of the molecule is C[C@@H]1C/C(=C\c2ccc(Cl)cc2)C2=NN(C(=O)/C=C/c3cccc([N+](=O)[O-])c3)[C@@H](c3ccc(Cl)cc3)[C@@H]2C1. The van der Waals surface area contributed by atoms with Crippen molar-refractivity contribution in [1.82, 2.24) is 5.01 Å². The molecule has 0 saturated heterocycles. The molecular weight excluding hydrogens is 521 g/mol. The predicted molar refractivity (Wildman–Crippen MR) is 152 cm³/mol.